The first-order valence-corrected chi connectivity index (χ1v) is 4.01. The van der Waals surface area contributed by atoms with Gasteiger partial charge in [0, 0.05) is 6.08 Å². The zero-order valence-corrected chi connectivity index (χ0v) is 7.50. The summed E-state index contributed by atoms with van der Waals surface area (Å²) in [4.78, 5) is 20.9. The minimum atomic E-state index is -0.437. The normalized spacial score (nSPS) is 11.0. The molecule has 0 spiro atoms. The Kier molecular flexibility index (Phi) is 5.97. The van der Waals surface area contributed by atoms with Gasteiger partial charge in [0.15, 0.2) is 0 Å². The summed E-state index contributed by atoms with van der Waals surface area (Å²) in [5, 5.41) is 0. The van der Waals surface area contributed by atoms with Crippen molar-refractivity contribution in [3.63, 3.8) is 0 Å². The SMILES string of the molecule is CCCCOC(=O)/C=C(/C)C=O. The predicted octanol–water partition coefficient (Wildman–Crippen LogP) is 1.47. The van der Waals surface area contributed by atoms with Crippen LogP contribution in [0.1, 0.15) is 26.7 Å². The maximum atomic E-state index is 10.8. The van der Waals surface area contributed by atoms with Gasteiger partial charge < -0.3 is 4.74 Å². The zero-order valence-electron chi connectivity index (χ0n) is 7.50. The van der Waals surface area contributed by atoms with Crippen LogP contribution in [0.2, 0.25) is 0 Å². The molecule has 0 N–H and O–H groups in total. The van der Waals surface area contributed by atoms with E-state index >= 15 is 0 Å². The molecule has 0 aliphatic carbocycles. The molecule has 0 bridgehead atoms. The fourth-order valence-electron chi connectivity index (χ4n) is 0.579. The number of aldehydes is 1. The van der Waals surface area contributed by atoms with E-state index < -0.39 is 5.97 Å². The van der Waals surface area contributed by atoms with E-state index in [1.807, 2.05) is 6.92 Å². The van der Waals surface area contributed by atoms with E-state index in [0.717, 1.165) is 12.8 Å². The summed E-state index contributed by atoms with van der Waals surface area (Å²) in [6.45, 7) is 4.01. The second-order valence-corrected chi connectivity index (χ2v) is 2.53. The first-order chi connectivity index (χ1) is 5.70. The van der Waals surface area contributed by atoms with Gasteiger partial charge >= 0.3 is 5.97 Å². The van der Waals surface area contributed by atoms with E-state index in [0.29, 0.717) is 18.5 Å². The third-order valence-electron chi connectivity index (χ3n) is 1.27. The van der Waals surface area contributed by atoms with Crippen LogP contribution in [0.15, 0.2) is 11.6 Å². The molecule has 3 heteroatoms. The maximum absolute atomic E-state index is 10.8. The molecule has 0 heterocycles. The Hall–Kier alpha value is -1.12. The molecule has 0 radical (unpaired) electrons. The van der Waals surface area contributed by atoms with Gasteiger partial charge in [0.2, 0.25) is 0 Å². The number of carbonyl (C=O) groups excluding carboxylic acids is 2. The van der Waals surface area contributed by atoms with Crippen molar-refractivity contribution in [2.75, 3.05) is 6.61 Å². The molecule has 0 rings (SSSR count). The van der Waals surface area contributed by atoms with E-state index in [-0.39, 0.29) is 0 Å². The van der Waals surface area contributed by atoms with Crippen molar-refractivity contribution in [3.05, 3.63) is 11.6 Å². The molecule has 0 atom stereocenters. The fraction of sp³-hybridized carbons (Fsp3) is 0.556. The molecule has 68 valence electrons. The molecule has 0 amide bonds. The van der Waals surface area contributed by atoms with Crippen LogP contribution < -0.4 is 0 Å². The van der Waals surface area contributed by atoms with Crippen molar-refractivity contribution in [2.45, 2.75) is 26.7 Å². The Balaban J connectivity index is 3.66. The summed E-state index contributed by atoms with van der Waals surface area (Å²) >= 11 is 0. The van der Waals surface area contributed by atoms with Crippen molar-refractivity contribution >= 4 is 12.3 Å². The molecule has 0 aliphatic heterocycles. The van der Waals surface area contributed by atoms with Crippen molar-refractivity contribution in [2.24, 2.45) is 0 Å². The number of allylic oxidation sites excluding steroid dienone is 1. The average Bonchev–Trinajstić information content (AvgIpc) is 2.05. The molecule has 0 aliphatic rings. The number of rotatable bonds is 5. The quantitative estimate of drug-likeness (QED) is 0.271. The van der Waals surface area contributed by atoms with Gasteiger partial charge in [-0.3, -0.25) is 4.79 Å². The molecular formula is C9H14O3. The van der Waals surface area contributed by atoms with E-state index in [1.54, 1.807) is 6.92 Å². The van der Waals surface area contributed by atoms with Gasteiger partial charge in [-0.25, -0.2) is 4.79 Å². The second-order valence-electron chi connectivity index (χ2n) is 2.53. The van der Waals surface area contributed by atoms with Crippen LogP contribution in [-0.4, -0.2) is 18.9 Å². The van der Waals surface area contributed by atoms with Gasteiger partial charge in [-0.05, 0) is 18.9 Å². The van der Waals surface area contributed by atoms with Gasteiger partial charge in [0.25, 0.3) is 0 Å². The van der Waals surface area contributed by atoms with E-state index in [2.05, 4.69) is 0 Å². The first-order valence-electron chi connectivity index (χ1n) is 4.01. The third-order valence-corrected chi connectivity index (χ3v) is 1.27. The second kappa shape index (κ2) is 6.58. The van der Waals surface area contributed by atoms with Gasteiger partial charge in [0.1, 0.15) is 6.29 Å². The lowest BCUT2D eigenvalue weighted by Gasteiger charge is -1.98. The number of ether oxygens (including phenoxy) is 1. The largest absolute Gasteiger partial charge is 0.463 e. The summed E-state index contributed by atoms with van der Waals surface area (Å²) in [5.41, 5.74) is 0.386. The number of unbranched alkanes of at least 4 members (excludes halogenated alkanes) is 1. The third kappa shape index (κ3) is 5.65. The van der Waals surface area contributed by atoms with Gasteiger partial charge in [-0.2, -0.15) is 0 Å². The van der Waals surface area contributed by atoms with Crippen LogP contribution >= 0.6 is 0 Å². The van der Waals surface area contributed by atoms with Gasteiger partial charge in [-0.15, -0.1) is 0 Å². The lowest BCUT2D eigenvalue weighted by Crippen LogP contribution is -2.03. The lowest BCUT2D eigenvalue weighted by atomic mass is 10.3. The Morgan fingerprint density at radius 1 is 1.50 bits per heavy atom. The minimum Gasteiger partial charge on any atom is -0.463 e. The number of esters is 1. The standard InChI is InChI=1S/C9H14O3/c1-3-4-5-12-9(11)6-8(2)7-10/h6-7H,3-5H2,1-2H3/b8-6-. The van der Waals surface area contributed by atoms with Gasteiger partial charge in [-0.1, -0.05) is 13.3 Å². The van der Waals surface area contributed by atoms with E-state index in [4.69, 9.17) is 4.74 Å². The highest BCUT2D eigenvalue weighted by molar-refractivity contribution is 5.89. The Bertz CT molecular complexity index is 182. The lowest BCUT2D eigenvalue weighted by molar-refractivity contribution is -0.138. The Labute approximate surface area is 72.4 Å². The van der Waals surface area contributed by atoms with Crippen molar-refractivity contribution in [3.8, 4) is 0 Å². The number of carbonyl (C=O) groups is 2. The highest BCUT2D eigenvalue weighted by Gasteiger charge is 1.97. The highest BCUT2D eigenvalue weighted by Crippen LogP contribution is 1.92. The van der Waals surface area contributed by atoms with E-state index in [1.165, 1.54) is 6.08 Å². The molecular weight excluding hydrogens is 156 g/mol. The Morgan fingerprint density at radius 3 is 2.67 bits per heavy atom. The van der Waals surface area contributed by atoms with Crippen LogP contribution in [0.25, 0.3) is 0 Å². The van der Waals surface area contributed by atoms with Crippen LogP contribution in [0.4, 0.5) is 0 Å². The summed E-state index contributed by atoms with van der Waals surface area (Å²) in [6, 6.07) is 0. The van der Waals surface area contributed by atoms with Crippen LogP contribution in [0.5, 0.6) is 0 Å². The molecule has 0 aromatic rings. The molecule has 0 aromatic heterocycles. The molecule has 12 heavy (non-hydrogen) atoms. The molecule has 3 nitrogen and oxygen atoms in total. The summed E-state index contributed by atoms with van der Waals surface area (Å²) < 4.78 is 4.78. The molecule has 0 aromatic carbocycles. The first kappa shape index (κ1) is 10.9. The average molecular weight is 170 g/mol. The molecule has 0 saturated carbocycles. The van der Waals surface area contributed by atoms with E-state index in [9.17, 15) is 9.59 Å². The highest BCUT2D eigenvalue weighted by atomic mass is 16.5. The van der Waals surface area contributed by atoms with Crippen LogP contribution in [0.3, 0.4) is 0 Å². The number of hydrogen-bond acceptors (Lipinski definition) is 3. The number of hydrogen-bond donors (Lipinski definition) is 0. The Morgan fingerprint density at radius 2 is 2.17 bits per heavy atom. The monoisotopic (exact) mass is 170 g/mol. The van der Waals surface area contributed by atoms with Gasteiger partial charge in [0.05, 0.1) is 6.61 Å². The molecule has 0 unspecified atom stereocenters. The van der Waals surface area contributed by atoms with Crippen molar-refractivity contribution < 1.29 is 14.3 Å². The predicted molar refractivity (Wildman–Crippen MR) is 45.7 cm³/mol. The zero-order chi connectivity index (χ0) is 9.40. The summed E-state index contributed by atoms with van der Waals surface area (Å²) in [6.07, 6.45) is 3.67. The molecule has 0 fully saturated rings. The van der Waals surface area contributed by atoms with Crippen molar-refractivity contribution in [1.29, 1.82) is 0 Å². The molecule has 0 saturated heterocycles. The fourth-order valence-corrected chi connectivity index (χ4v) is 0.579. The van der Waals surface area contributed by atoms with Crippen molar-refractivity contribution in [1.82, 2.24) is 0 Å². The topological polar surface area (TPSA) is 43.4 Å². The van der Waals surface area contributed by atoms with Crippen LogP contribution in [0, 0.1) is 0 Å². The summed E-state index contributed by atoms with van der Waals surface area (Å²) in [7, 11) is 0. The summed E-state index contributed by atoms with van der Waals surface area (Å²) in [5.74, 6) is -0.437. The maximum Gasteiger partial charge on any atom is 0.331 e. The van der Waals surface area contributed by atoms with Crippen LogP contribution in [-0.2, 0) is 14.3 Å². The smallest absolute Gasteiger partial charge is 0.331 e. The minimum absolute atomic E-state index is 0.386.